The molecule has 240 valence electrons. The predicted molar refractivity (Wildman–Crippen MR) is 178 cm³/mol. The first-order valence-electron chi connectivity index (χ1n) is 16.5. The van der Waals surface area contributed by atoms with Crippen LogP contribution in [-0.4, -0.2) is 59.1 Å². The van der Waals surface area contributed by atoms with E-state index in [-0.39, 0.29) is 35.0 Å². The monoisotopic (exact) mass is 632 g/mol. The van der Waals surface area contributed by atoms with Crippen molar-refractivity contribution in [2.45, 2.75) is 132 Å². The Hall–Kier alpha value is -2.20. The van der Waals surface area contributed by atoms with Gasteiger partial charge >= 0.3 is 6.03 Å². The summed E-state index contributed by atoms with van der Waals surface area (Å²) in [6.07, 6.45) is 17.7. The molecule has 1 aromatic carbocycles. The van der Waals surface area contributed by atoms with E-state index in [1.165, 1.54) is 69.5 Å². The van der Waals surface area contributed by atoms with Gasteiger partial charge in [0.1, 0.15) is 0 Å². The molecule has 0 radical (unpaired) electrons. The van der Waals surface area contributed by atoms with Gasteiger partial charge in [0.15, 0.2) is 5.12 Å². The summed E-state index contributed by atoms with van der Waals surface area (Å²) in [6, 6.07) is 7.45. The van der Waals surface area contributed by atoms with Crippen LogP contribution < -0.4 is 21.3 Å². The van der Waals surface area contributed by atoms with Gasteiger partial charge in [0.05, 0.1) is 12.1 Å². The molecule has 0 saturated carbocycles. The van der Waals surface area contributed by atoms with Crippen LogP contribution in [0.2, 0.25) is 0 Å². The lowest BCUT2D eigenvalue weighted by Gasteiger charge is -2.16. The van der Waals surface area contributed by atoms with Crippen LogP contribution >= 0.6 is 23.5 Å². The number of carbonyl (C=O) groups excluding carboxylic acids is 4. The second-order valence-corrected chi connectivity index (χ2v) is 14.2. The Balaban J connectivity index is 1.16. The van der Waals surface area contributed by atoms with Crippen LogP contribution in [0.4, 0.5) is 4.79 Å². The van der Waals surface area contributed by atoms with E-state index in [2.05, 4.69) is 28.2 Å². The molecule has 0 aliphatic carbocycles. The quantitative estimate of drug-likeness (QED) is 0.0652. The highest BCUT2D eigenvalue weighted by Gasteiger charge is 2.42. The third-order valence-electron chi connectivity index (χ3n) is 8.15. The van der Waals surface area contributed by atoms with Crippen molar-refractivity contribution in [3.05, 3.63) is 29.8 Å². The SMILES string of the molecule is CCCCCCCCCCCCCC(=O)NCCNC(=O)c1ccc(SC(=O)CCCCC2SCC3NC(=O)NC32)cc1. The van der Waals surface area contributed by atoms with Crippen LogP contribution in [0, 0.1) is 0 Å². The minimum Gasteiger partial charge on any atom is -0.354 e. The van der Waals surface area contributed by atoms with Crippen molar-refractivity contribution in [1.29, 1.82) is 0 Å². The van der Waals surface area contributed by atoms with E-state index < -0.39 is 0 Å². The molecular weight excluding hydrogens is 581 g/mol. The summed E-state index contributed by atoms with van der Waals surface area (Å²) in [5.74, 6) is 0.803. The molecular formula is C33H52N4O4S2. The van der Waals surface area contributed by atoms with Gasteiger partial charge in [-0.2, -0.15) is 11.8 Å². The maximum absolute atomic E-state index is 12.5. The van der Waals surface area contributed by atoms with Crippen LogP contribution in [0.5, 0.6) is 0 Å². The van der Waals surface area contributed by atoms with E-state index in [9.17, 15) is 19.2 Å². The molecule has 0 bridgehead atoms. The molecule has 10 heteroatoms. The smallest absolute Gasteiger partial charge is 0.315 e. The van der Waals surface area contributed by atoms with Gasteiger partial charge in [0.2, 0.25) is 5.91 Å². The highest BCUT2D eigenvalue weighted by molar-refractivity contribution is 8.13. The Bertz CT molecular complexity index is 1010. The number of rotatable bonds is 22. The molecule has 2 fully saturated rings. The third-order valence-corrected chi connectivity index (χ3v) is 10.6. The Kier molecular flexibility index (Phi) is 17.0. The average Bonchev–Trinajstić information content (AvgIpc) is 3.55. The summed E-state index contributed by atoms with van der Waals surface area (Å²) in [7, 11) is 0. The van der Waals surface area contributed by atoms with Crippen molar-refractivity contribution >= 4 is 46.5 Å². The zero-order valence-corrected chi connectivity index (χ0v) is 27.6. The zero-order chi connectivity index (χ0) is 30.7. The lowest BCUT2D eigenvalue weighted by Crippen LogP contribution is -2.36. The molecule has 43 heavy (non-hydrogen) atoms. The molecule has 4 N–H and O–H groups in total. The molecule has 3 unspecified atom stereocenters. The molecule has 3 atom stereocenters. The number of thioether (sulfide) groups is 2. The fraction of sp³-hybridized carbons (Fsp3) is 0.697. The fourth-order valence-electron chi connectivity index (χ4n) is 5.63. The number of amides is 4. The standard InChI is InChI=1S/C33H52N4O4S2/c1-2-3-4-5-6-7-8-9-10-11-12-16-29(38)34-22-23-35-32(40)25-18-20-26(21-19-25)43-30(39)17-14-13-15-28-31-27(24-42-28)36-33(41)37-31/h18-21,27-28,31H,2-17,22-24H2,1H3,(H,34,38)(H,35,40)(H2,36,37,41). The number of urea groups is 1. The molecule has 2 heterocycles. The first-order chi connectivity index (χ1) is 21.0. The highest BCUT2D eigenvalue weighted by Crippen LogP contribution is 2.33. The molecule has 3 rings (SSSR count). The molecule has 4 amide bonds. The van der Waals surface area contributed by atoms with Gasteiger partial charge in [-0.3, -0.25) is 14.4 Å². The maximum atomic E-state index is 12.5. The number of fused-ring (bicyclic) bond motifs is 1. The lowest BCUT2D eigenvalue weighted by molar-refractivity contribution is -0.121. The van der Waals surface area contributed by atoms with E-state index in [0.717, 1.165) is 42.8 Å². The lowest BCUT2D eigenvalue weighted by atomic mass is 10.0. The van der Waals surface area contributed by atoms with E-state index in [1.54, 1.807) is 24.3 Å². The van der Waals surface area contributed by atoms with Crippen LogP contribution in [0.1, 0.15) is 120 Å². The van der Waals surface area contributed by atoms with Gasteiger partial charge in [-0.1, -0.05) is 89.3 Å². The second-order valence-electron chi connectivity index (χ2n) is 11.8. The van der Waals surface area contributed by atoms with E-state index >= 15 is 0 Å². The number of benzene rings is 1. The van der Waals surface area contributed by atoms with E-state index in [1.807, 2.05) is 11.8 Å². The van der Waals surface area contributed by atoms with E-state index in [4.69, 9.17) is 0 Å². The number of carbonyl (C=O) groups is 4. The van der Waals surface area contributed by atoms with Crippen molar-refractivity contribution in [2.75, 3.05) is 18.8 Å². The minimum absolute atomic E-state index is 0.0434. The van der Waals surface area contributed by atoms with Gasteiger partial charge in [-0.15, -0.1) is 0 Å². The Labute approximate surface area is 266 Å². The molecule has 8 nitrogen and oxygen atoms in total. The van der Waals surface area contributed by atoms with Crippen LogP contribution in [0.3, 0.4) is 0 Å². The summed E-state index contributed by atoms with van der Waals surface area (Å²) in [5.41, 5.74) is 0.532. The fourth-order valence-corrected chi connectivity index (χ4v) is 7.96. The van der Waals surface area contributed by atoms with Crippen LogP contribution in [0.25, 0.3) is 0 Å². The van der Waals surface area contributed by atoms with Crippen molar-refractivity contribution in [3.63, 3.8) is 0 Å². The highest BCUT2D eigenvalue weighted by atomic mass is 32.2. The number of unbranched alkanes of at least 4 members (excludes halogenated alkanes) is 11. The third kappa shape index (κ3) is 14.0. The summed E-state index contributed by atoms with van der Waals surface area (Å²) < 4.78 is 0. The van der Waals surface area contributed by atoms with Crippen LogP contribution in [-0.2, 0) is 9.59 Å². The number of hydrogen-bond acceptors (Lipinski definition) is 6. The topological polar surface area (TPSA) is 116 Å². The van der Waals surface area contributed by atoms with Gasteiger partial charge in [-0.05, 0) is 43.5 Å². The Morgan fingerprint density at radius 2 is 1.44 bits per heavy atom. The zero-order valence-electron chi connectivity index (χ0n) is 25.9. The average molecular weight is 633 g/mol. The number of nitrogens with one attached hydrogen (secondary N) is 4. The van der Waals surface area contributed by atoms with E-state index in [0.29, 0.717) is 36.7 Å². The summed E-state index contributed by atoms with van der Waals surface area (Å²) in [5, 5.41) is 12.2. The predicted octanol–water partition coefficient (Wildman–Crippen LogP) is 6.58. The Morgan fingerprint density at radius 3 is 2.14 bits per heavy atom. The molecule has 2 saturated heterocycles. The van der Waals surface area contributed by atoms with Gasteiger partial charge in [0.25, 0.3) is 5.91 Å². The van der Waals surface area contributed by atoms with Gasteiger partial charge in [-0.25, -0.2) is 4.79 Å². The molecule has 0 aromatic heterocycles. The second kappa shape index (κ2) is 20.7. The largest absolute Gasteiger partial charge is 0.354 e. The minimum atomic E-state index is -0.192. The summed E-state index contributed by atoms with van der Waals surface area (Å²) >= 11 is 3.11. The normalized spacial score (nSPS) is 19.0. The number of hydrogen-bond donors (Lipinski definition) is 4. The Morgan fingerprint density at radius 1 is 0.814 bits per heavy atom. The first kappa shape index (κ1) is 35.3. The molecule has 2 aliphatic heterocycles. The molecule has 1 aromatic rings. The summed E-state index contributed by atoms with van der Waals surface area (Å²) in [6.45, 7) is 3.04. The van der Waals surface area contributed by atoms with Gasteiger partial charge in [0, 0.05) is 47.4 Å². The molecule has 2 aliphatic rings. The van der Waals surface area contributed by atoms with Gasteiger partial charge < -0.3 is 21.3 Å². The van der Waals surface area contributed by atoms with Crippen LogP contribution in [0.15, 0.2) is 29.2 Å². The first-order valence-corrected chi connectivity index (χ1v) is 18.4. The molecule has 0 spiro atoms. The van der Waals surface area contributed by atoms with Crippen molar-refractivity contribution in [2.24, 2.45) is 0 Å². The van der Waals surface area contributed by atoms with Crippen molar-refractivity contribution in [1.82, 2.24) is 21.3 Å². The summed E-state index contributed by atoms with van der Waals surface area (Å²) in [4.78, 5) is 49.3. The van der Waals surface area contributed by atoms with Crippen molar-refractivity contribution < 1.29 is 19.2 Å². The van der Waals surface area contributed by atoms with Crippen molar-refractivity contribution in [3.8, 4) is 0 Å². The maximum Gasteiger partial charge on any atom is 0.315 e.